The Bertz CT molecular complexity index is 1580. The van der Waals surface area contributed by atoms with Crippen molar-refractivity contribution in [2.24, 2.45) is 0 Å². The number of benzene rings is 2. The van der Waals surface area contributed by atoms with Crippen LogP contribution in [0.1, 0.15) is 17.5 Å². The zero-order valence-electron chi connectivity index (χ0n) is 26.0. The van der Waals surface area contributed by atoms with Gasteiger partial charge in [0.05, 0.1) is 19.1 Å². The van der Waals surface area contributed by atoms with E-state index in [1.54, 1.807) is 30.5 Å². The molecule has 0 aliphatic carbocycles. The van der Waals surface area contributed by atoms with E-state index in [-0.39, 0.29) is 36.6 Å². The second-order valence-corrected chi connectivity index (χ2v) is 12.6. The smallest absolute Gasteiger partial charge is 0.326 e. The molecule has 17 heteroatoms. The predicted molar refractivity (Wildman–Crippen MR) is 188 cm³/mol. The van der Waals surface area contributed by atoms with Crippen LogP contribution < -0.4 is 26.2 Å². The molecule has 3 rings (SSSR count). The Morgan fingerprint density at radius 1 is 0.958 bits per heavy atom. The fourth-order valence-corrected chi connectivity index (χ4v) is 6.09. The third kappa shape index (κ3) is 12.0. The lowest BCUT2D eigenvalue weighted by Crippen LogP contribution is -2.56. The number of carbonyl (C=O) groups is 5. The van der Waals surface area contributed by atoms with Crippen molar-refractivity contribution in [3.63, 3.8) is 0 Å². The number of hydrogen-bond donors (Lipinski definition) is 9. The first-order valence-corrected chi connectivity index (χ1v) is 17.7. The van der Waals surface area contributed by atoms with E-state index in [2.05, 4.69) is 43.8 Å². The van der Waals surface area contributed by atoms with Gasteiger partial charge < -0.3 is 26.0 Å². The maximum atomic E-state index is 13.0. The lowest BCUT2D eigenvalue weighted by Gasteiger charge is -2.22. The number of hydrogen-bond acceptors (Lipinski definition) is 14. The number of thioether (sulfide) groups is 1. The summed E-state index contributed by atoms with van der Waals surface area (Å²) < 4.78 is 2.94. The molecule has 0 saturated heterocycles. The third-order valence-corrected chi connectivity index (χ3v) is 8.87. The van der Waals surface area contributed by atoms with E-state index >= 15 is 0 Å². The molecule has 0 radical (unpaired) electrons. The van der Waals surface area contributed by atoms with Gasteiger partial charge in [-0.05, 0) is 60.2 Å². The first-order valence-electron chi connectivity index (χ1n) is 14.7. The monoisotopic (exact) mass is 718 g/mol. The number of nitrogens with zero attached hydrogens (tertiary/aromatic N) is 1. The number of carbonyl (C=O) groups excluding carboxylic acids is 4. The number of carboxylic acid groups (broad SMARTS) is 1. The summed E-state index contributed by atoms with van der Waals surface area (Å²) in [5, 5.41) is 34.8. The molecule has 1 heterocycles. The number of fused-ring (bicyclic) bond motifs is 1. The second kappa shape index (κ2) is 19.8. The number of thiol groups is 1. The van der Waals surface area contributed by atoms with Crippen molar-refractivity contribution >= 4 is 76.6 Å². The van der Waals surface area contributed by atoms with Crippen LogP contribution in [-0.4, -0.2) is 98.6 Å². The average Bonchev–Trinajstić information content (AvgIpc) is 3.08. The SMILES string of the molecule is CSCCC(NC(=O)[C@H](Cc1ccc(O)cc1)NNCC(=O)NCC(=O)C(=O)[C@H](CS)NSCc1ccc(O)c2ncccc12)C(=O)O. The minimum atomic E-state index is -1.18. The van der Waals surface area contributed by atoms with E-state index in [1.165, 1.54) is 41.9 Å². The molecule has 0 bridgehead atoms. The van der Waals surface area contributed by atoms with Crippen LogP contribution in [0.15, 0.2) is 54.7 Å². The molecule has 3 atom stereocenters. The molecule has 0 spiro atoms. The molecule has 3 aromatic rings. The lowest BCUT2D eigenvalue weighted by atomic mass is 10.0. The molecular weight excluding hydrogens is 681 g/mol. The first-order chi connectivity index (χ1) is 23.0. The summed E-state index contributed by atoms with van der Waals surface area (Å²) in [4.78, 5) is 66.7. The third-order valence-electron chi connectivity index (χ3n) is 6.96. The number of phenols is 2. The van der Waals surface area contributed by atoms with Gasteiger partial charge in [0.2, 0.25) is 23.4 Å². The number of phenolic OH excluding ortho intramolecular Hbond substituents is 2. The Hall–Kier alpha value is -3.87. The summed E-state index contributed by atoms with van der Waals surface area (Å²) in [6, 6.07) is 9.93. The van der Waals surface area contributed by atoms with E-state index in [9.17, 15) is 39.3 Å². The van der Waals surface area contributed by atoms with Crippen LogP contribution in [0.3, 0.4) is 0 Å². The Kier molecular flexibility index (Phi) is 15.9. The number of nitrogens with one attached hydrogen (secondary N) is 5. The standard InChI is InChI=1S/C31H38N6O8S3/c1-47-12-10-22(31(44)45)35-30(43)23(13-18-4-7-20(38)8-5-18)36-34-15-27(41)33-14-26(40)29(42)24(16-46)37-48-17-19-6-9-25(39)28-21(19)3-2-11-32-28/h2-9,11,22-24,34,36-39,46H,10,12-17H2,1H3,(H,33,41)(H,35,43)(H,44,45)/t22?,23-,24-/m0/s1. The summed E-state index contributed by atoms with van der Waals surface area (Å²) in [6.45, 7) is -0.938. The number of rotatable bonds is 21. The molecule has 2 amide bonds. The summed E-state index contributed by atoms with van der Waals surface area (Å²) in [5.41, 5.74) is 7.32. The predicted octanol–water partition coefficient (Wildman–Crippen LogP) is 0.965. The van der Waals surface area contributed by atoms with E-state index in [1.807, 2.05) is 12.3 Å². The molecule has 258 valence electrons. The molecule has 48 heavy (non-hydrogen) atoms. The van der Waals surface area contributed by atoms with E-state index in [4.69, 9.17) is 0 Å². The number of aromatic hydroxyl groups is 2. The van der Waals surface area contributed by atoms with Crippen LogP contribution >= 0.6 is 36.3 Å². The fourth-order valence-electron chi connectivity index (χ4n) is 4.36. The number of ketones is 2. The zero-order valence-corrected chi connectivity index (χ0v) is 28.5. The molecule has 1 unspecified atom stereocenters. The number of amides is 2. The number of carboxylic acids is 1. The largest absolute Gasteiger partial charge is 0.508 e. The van der Waals surface area contributed by atoms with Crippen molar-refractivity contribution in [3.05, 3.63) is 65.9 Å². The Morgan fingerprint density at radius 2 is 1.71 bits per heavy atom. The van der Waals surface area contributed by atoms with Crippen molar-refractivity contribution in [1.82, 2.24) is 31.2 Å². The highest BCUT2D eigenvalue weighted by Gasteiger charge is 2.26. The zero-order chi connectivity index (χ0) is 35.1. The maximum Gasteiger partial charge on any atom is 0.326 e. The van der Waals surface area contributed by atoms with Crippen molar-refractivity contribution in [2.45, 2.75) is 36.7 Å². The molecule has 0 saturated carbocycles. The summed E-state index contributed by atoms with van der Waals surface area (Å²) in [7, 11) is 0. The van der Waals surface area contributed by atoms with Gasteiger partial charge in [-0.15, -0.1) is 0 Å². The van der Waals surface area contributed by atoms with Gasteiger partial charge in [0, 0.05) is 23.1 Å². The van der Waals surface area contributed by atoms with Crippen LogP contribution in [0.5, 0.6) is 11.5 Å². The molecule has 0 aliphatic heterocycles. The molecule has 2 aromatic carbocycles. The highest BCUT2D eigenvalue weighted by molar-refractivity contribution is 7.98. The minimum Gasteiger partial charge on any atom is -0.508 e. The van der Waals surface area contributed by atoms with Gasteiger partial charge >= 0.3 is 5.97 Å². The first kappa shape index (κ1) is 38.6. The van der Waals surface area contributed by atoms with Crippen LogP contribution in [0.2, 0.25) is 0 Å². The number of aliphatic carboxylic acids is 1. The van der Waals surface area contributed by atoms with Crippen LogP contribution in [-0.2, 0) is 36.1 Å². The Morgan fingerprint density at radius 3 is 2.40 bits per heavy atom. The fraction of sp³-hybridized carbons (Fsp3) is 0.355. The highest BCUT2D eigenvalue weighted by Crippen LogP contribution is 2.27. The second-order valence-electron chi connectivity index (χ2n) is 10.5. The number of hydrazine groups is 1. The molecule has 1 aromatic heterocycles. The molecule has 0 fully saturated rings. The summed E-state index contributed by atoms with van der Waals surface area (Å²) in [6.07, 6.45) is 3.71. The van der Waals surface area contributed by atoms with Gasteiger partial charge in [0.25, 0.3) is 0 Å². The molecule has 0 aliphatic rings. The molecular formula is C31H38N6O8S3. The lowest BCUT2D eigenvalue weighted by molar-refractivity contribution is -0.142. The number of Topliss-reactive ketones (excluding diaryl/α,β-unsaturated/α-hetero) is 2. The Balaban J connectivity index is 1.49. The van der Waals surface area contributed by atoms with Gasteiger partial charge in [0.1, 0.15) is 29.1 Å². The minimum absolute atomic E-state index is 0.0272. The van der Waals surface area contributed by atoms with Crippen molar-refractivity contribution in [3.8, 4) is 11.5 Å². The molecule has 8 N–H and O–H groups in total. The molecule has 14 nitrogen and oxygen atoms in total. The quantitative estimate of drug-likeness (QED) is 0.0325. The van der Waals surface area contributed by atoms with Gasteiger partial charge in [-0.1, -0.05) is 36.2 Å². The maximum absolute atomic E-state index is 13.0. The number of pyridine rings is 1. The van der Waals surface area contributed by atoms with Crippen LogP contribution in [0.4, 0.5) is 0 Å². The van der Waals surface area contributed by atoms with E-state index in [0.717, 1.165) is 10.9 Å². The normalized spacial score (nSPS) is 13.0. The Labute approximate surface area is 291 Å². The average molecular weight is 719 g/mol. The highest BCUT2D eigenvalue weighted by atomic mass is 32.2. The van der Waals surface area contributed by atoms with Crippen molar-refractivity contribution in [1.29, 1.82) is 0 Å². The number of aromatic nitrogens is 1. The van der Waals surface area contributed by atoms with Crippen molar-refractivity contribution in [2.75, 3.05) is 30.9 Å². The van der Waals surface area contributed by atoms with Crippen LogP contribution in [0, 0.1) is 0 Å². The van der Waals surface area contributed by atoms with Gasteiger partial charge in [-0.3, -0.25) is 28.9 Å². The summed E-state index contributed by atoms with van der Waals surface area (Å²) in [5.74, 6) is -3.00. The van der Waals surface area contributed by atoms with Crippen molar-refractivity contribution < 1.29 is 39.3 Å². The van der Waals surface area contributed by atoms with Gasteiger partial charge in [-0.2, -0.15) is 24.4 Å². The summed E-state index contributed by atoms with van der Waals surface area (Å²) >= 11 is 6.82. The van der Waals surface area contributed by atoms with E-state index < -0.39 is 54.0 Å². The van der Waals surface area contributed by atoms with Gasteiger partial charge in [0.15, 0.2) is 0 Å². The van der Waals surface area contributed by atoms with Gasteiger partial charge in [-0.25, -0.2) is 15.6 Å². The van der Waals surface area contributed by atoms with E-state index in [0.29, 0.717) is 22.6 Å². The topological polar surface area (TPSA) is 219 Å². The van der Waals surface area contributed by atoms with Crippen LogP contribution in [0.25, 0.3) is 10.9 Å².